The molecule has 134 valence electrons. The number of rotatable bonds is 14. The van der Waals surface area contributed by atoms with Crippen molar-refractivity contribution in [3.8, 4) is 0 Å². The van der Waals surface area contributed by atoms with Crippen LogP contribution in [0.5, 0.6) is 0 Å². The third-order valence-corrected chi connectivity index (χ3v) is 12.3. The molecule has 22 heavy (non-hydrogen) atoms. The second-order valence-electron chi connectivity index (χ2n) is 5.53. The molecule has 0 radical (unpaired) electrons. The molecule has 0 atom stereocenters. The largest absolute Gasteiger partial charge is 0.502 e. The van der Waals surface area contributed by atoms with E-state index in [0.29, 0.717) is 44.6 Å². The van der Waals surface area contributed by atoms with Crippen LogP contribution in [0.3, 0.4) is 0 Å². The molecule has 0 aromatic heterocycles. The number of hydrogen-bond acceptors (Lipinski definition) is 5. The molecular weight excluding hydrogens is 316 g/mol. The summed E-state index contributed by atoms with van der Waals surface area (Å²) in [5.74, 6) is 0.501. The minimum atomic E-state index is -2.76. The SMILES string of the molecule is CCO[Si](CC(C)C)(C[Si](OCC)(OCC)OCC)OCC. The Bertz CT molecular complexity index is 254. The van der Waals surface area contributed by atoms with E-state index in [9.17, 15) is 0 Å². The van der Waals surface area contributed by atoms with Crippen molar-refractivity contribution in [3.63, 3.8) is 0 Å². The zero-order valence-electron chi connectivity index (χ0n) is 15.6. The van der Waals surface area contributed by atoms with Crippen LogP contribution in [0.25, 0.3) is 0 Å². The first-order valence-corrected chi connectivity index (χ1v) is 12.8. The molecule has 0 saturated carbocycles. The lowest BCUT2D eigenvalue weighted by Gasteiger charge is -2.37. The predicted octanol–water partition coefficient (Wildman–Crippen LogP) is 3.75. The molecule has 0 aliphatic heterocycles. The molecule has 0 unspecified atom stereocenters. The Labute approximate surface area is 139 Å². The van der Waals surface area contributed by atoms with Crippen molar-refractivity contribution in [2.45, 2.75) is 60.2 Å². The van der Waals surface area contributed by atoms with Crippen LogP contribution in [0, 0.1) is 5.92 Å². The Hall–Kier alpha value is 0.234. The zero-order valence-corrected chi connectivity index (χ0v) is 17.6. The van der Waals surface area contributed by atoms with Gasteiger partial charge in [-0.05, 0) is 46.6 Å². The fourth-order valence-electron chi connectivity index (χ4n) is 2.75. The Morgan fingerprint density at radius 1 is 0.636 bits per heavy atom. The molecule has 0 rings (SSSR count). The second-order valence-corrected chi connectivity index (χ2v) is 12.0. The first-order chi connectivity index (χ1) is 10.4. The van der Waals surface area contributed by atoms with E-state index in [1.54, 1.807) is 0 Å². The van der Waals surface area contributed by atoms with Gasteiger partial charge in [0.15, 0.2) is 0 Å². The molecule has 0 aromatic carbocycles. The van der Waals surface area contributed by atoms with Crippen molar-refractivity contribution in [3.05, 3.63) is 0 Å². The lowest BCUT2D eigenvalue weighted by Crippen LogP contribution is -2.57. The van der Waals surface area contributed by atoms with Crippen LogP contribution in [-0.4, -0.2) is 50.4 Å². The van der Waals surface area contributed by atoms with Gasteiger partial charge in [0.25, 0.3) is 0 Å². The predicted molar refractivity (Wildman–Crippen MR) is 94.1 cm³/mol. The van der Waals surface area contributed by atoms with E-state index in [2.05, 4.69) is 13.8 Å². The zero-order chi connectivity index (χ0) is 17.1. The lowest BCUT2D eigenvalue weighted by molar-refractivity contribution is 0.0699. The average molecular weight is 353 g/mol. The topological polar surface area (TPSA) is 46.2 Å². The lowest BCUT2D eigenvalue weighted by atomic mass is 10.3. The fraction of sp³-hybridized carbons (Fsp3) is 1.00. The molecule has 0 N–H and O–H groups in total. The van der Waals surface area contributed by atoms with Crippen molar-refractivity contribution in [1.82, 2.24) is 0 Å². The first-order valence-electron chi connectivity index (χ1n) is 8.62. The van der Waals surface area contributed by atoms with Gasteiger partial charge in [0.2, 0.25) is 0 Å². The van der Waals surface area contributed by atoms with Crippen molar-refractivity contribution >= 4 is 17.4 Å². The van der Waals surface area contributed by atoms with Crippen molar-refractivity contribution in [2.75, 3.05) is 33.0 Å². The van der Waals surface area contributed by atoms with Gasteiger partial charge >= 0.3 is 17.4 Å². The Morgan fingerprint density at radius 3 is 1.27 bits per heavy atom. The van der Waals surface area contributed by atoms with Crippen LogP contribution in [0.2, 0.25) is 11.7 Å². The molecule has 5 nitrogen and oxygen atoms in total. The van der Waals surface area contributed by atoms with Crippen LogP contribution in [0.1, 0.15) is 48.5 Å². The maximum atomic E-state index is 6.19. The second kappa shape index (κ2) is 11.7. The highest BCUT2D eigenvalue weighted by molar-refractivity contribution is 6.83. The monoisotopic (exact) mass is 352 g/mol. The quantitative estimate of drug-likeness (QED) is 0.446. The third kappa shape index (κ3) is 7.67. The Kier molecular flexibility index (Phi) is 11.8. The van der Waals surface area contributed by atoms with Crippen molar-refractivity contribution < 1.29 is 22.1 Å². The van der Waals surface area contributed by atoms with E-state index in [-0.39, 0.29) is 0 Å². The molecule has 0 amide bonds. The van der Waals surface area contributed by atoms with Crippen LogP contribution in [0.15, 0.2) is 0 Å². The van der Waals surface area contributed by atoms with Gasteiger partial charge in [0.05, 0.1) is 5.67 Å². The minimum absolute atomic E-state index is 0.501. The normalized spacial score (nSPS) is 13.1. The Morgan fingerprint density at radius 2 is 1.00 bits per heavy atom. The van der Waals surface area contributed by atoms with Crippen molar-refractivity contribution in [2.24, 2.45) is 5.92 Å². The minimum Gasteiger partial charge on any atom is -0.394 e. The van der Waals surface area contributed by atoms with E-state index < -0.39 is 17.4 Å². The summed E-state index contributed by atoms with van der Waals surface area (Å²) in [4.78, 5) is 0. The summed E-state index contributed by atoms with van der Waals surface area (Å²) in [6.07, 6.45) is 0. The number of hydrogen-bond donors (Lipinski definition) is 0. The smallest absolute Gasteiger partial charge is 0.394 e. The summed E-state index contributed by atoms with van der Waals surface area (Å²) in [5.41, 5.74) is 0.662. The molecular formula is C15H36O5Si2. The van der Waals surface area contributed by atoms with Gasteiger partial charge in [0.1, 0.15) is 0 Å². The van der Waals surface area contributed by atoms with Gasteiger partial charge in [-0.15, -0.1) is 0 Å². The maximum Gasteiger partial charge on any atom is 0.502 e. The first kappa shape index (κ1) is 22.2. The summed E-state index contributed by atoms with van der Waals surface area (Å²) in [6, 6.07) is 0.927. The van der Waals surface area contributed by atoms with Gasteiger partial charge < -0.3 is 22.1 Å². The Balaban J connectivity index is 5.44. The standard InChI is InChI=1S/C15H36O5Si2/c1-8-16-21(17-9-2,13-15(6)7)14-22(18-10-3,19-11-4)20-12-5/h15H,8-14H2,1-7H3. The van der Waals surface area contributed by atoms with Crippen LogP contribution < -0.4 is 0 Å². The van der Waals surface area contributed by atoms with Crippen molar-refractivity contribution in [1.29, 1.82) is 0 Å². The van der Waals surface area contributed by atoms with Crippen LogP contribution in [-0.2, 0) is 22.1 Å². The molecule has 0 bridgehead atoms. The molecule has 0 fully saturated rings. The molecule has 7 heteroatoms. The summed E-state index contributed by atoms with van der Waals surface area (Å²) in [6.45, 7) is 17.4. The van der Waals surface area contributed by atoms with Gasteiger partial charge in [0, 0.05) is 33.0 Å². The summed E-state index contributed by atoms with van der Waals surface area (Å²) < 4.78 is 30.4. The summed E-state index contributed by atoms with van der Waals surface area (Å²) >= 11 is 0. The third-order valence-electron chi connectivity index (χ3n) is 3.11. The van der Waals surface area contributed by atoms with Gasteiger partial charge in [-0.3, -0.25) is 0 Å². The van der Waals surface area contributed by atoms with E-state index in [4.69, 9.17) is 22.1 Å². The van der Waals surface area contributed by atoms with E-state index >= 15 is 0 Å². The highest BCUT2D eigenvalue weighted by atomic mass is 28.4. The average Bonchev–Trinajstić information content (AvgIpc) is 2.39. The fourth-order valence-corrected chi connectivity index (χ4v) is 12.2. The van der Waals surface area contributed by atoms with E-state index in [1.807, 2.05) is 34.6 Å². The molecule has 0 aliphatic carbocycles. The van der Waals surface area contributed by atoms with E-state index in [0.717, 1.165) is 6.04 Å². The van der Waals surface area contributed by atoms with Crippen LogP contribution >= 0.6 is 0 Å². The highest BCUT2D eigenvalue weighted by Gasteiger charge is 2.53. The maximum absolute atomic E-state index is 6.19. The molecule has 0 heterocycles. The molecule has 0 aromatic rings. The molecule has 0 aliphatic rings. The van der Waals surface area contributed by atoms with Gasteiger partial charge in [-0.2, -0.15) is 0 Å². The molecule has 0 spiro atoms. The highest BCUT2D eigenvalue weighted by Crippen LogP contribution is 2.31. The van der Waals surface area contributed by atoms with E-state index in [1.165, 1.54) is 0 Å². The van der Waals surface area contributed by atoms with Gasteiger partial charge in [-0.25, -0.2) is 0 Å². The summed E-state index contributed by atoms with van der Waals surface area (Å²) in [5, 5.41) is 0. The van der Waals surface area contributed by atoms with Gasteiger partial charge in [-0.1, -0.05) is 13.8 Å². The molecule has 0 saturated heterocycles. The summed E-state index contributed by atoms with van der Waals surface area (Å²) in [7, 11) is -5.18. The van der Waals surface area contributed by atoms with Crippen LogP contribution in [0.4, 0.5) is 0 Å².